The highest BCUT2D eigenvalue weighted by Gasteiger charge is 2.31. The number of aliphatic hydroxyl groups is 1. The van der Waals surface area contributed by atoms with Gasteiger partial charge in [-0.05, 0) is 37.7 Å². The van der Waals surface area contributed by atoms with E-state index in [9.17, 15) is 5.11 Å². The molecule has 1 aromatic rings. The quantitative estimate of drug-likeness (QED) is 0.753. The second-order valence-electron chi connectivity index (χ2n) is 5.65. The maximum Gasteiger partial charge on any atom is 0.0897 e. The predicted molar refractivity (Wildman–Crippen MR) is 77.3 cm³/mol. The first-order valence-corrected chi connectivity index (χ1v) is 7.15. The van der Waals surface area contributed by atoms with Gasteiger partial charge in [-0.15, -0.1) is 0 Å². The van der Waals surface area contributed by atoms with Gasteiger partial charge < -0.3 is 15.2 Å². The Balaban J connectivity index is 1.84. The summed E-state index contributed by atoms with van der Waals surface area (Å²) in [6.45, 7) is 3.12. The van der Waals surface area contributed by atoms with Gasteiger partial charge in [-0.25, -0.2) is 0 Å². The number of aliphatic hydroxyl groups excluding tert-OH is 1. The molecule has 2 atom stereocenters. The van der Waals surface area contributed by atoms with Crippen LogP contribution in [0.15, 0.2) is 24.3 Å². The van der Waals surface area contributed by atoms with Gasteiger partial charge in [0.05, 0.1) is 12.7 Å². The molecule has 3 heteroatoms. The van der Waals surface area contributed by atoms with E-state index < -0.39 is 6.10 Å². The summed E-state index contributed by atoms with van der Waals surface area (Å²) in [6.07, 6.45) is 3.25. The van der Waals surface area contributed by atoms with Crippen molar-refractivity contribution in [2.75, 3.05) is 20.3 Å². The summed E-state index contributed by atoms with van der Waals surface area (Å²) >= 11 is 0. The summed E-state index contributed by atoms with van der Waals surface area (Å²) in [4.78, 5) is 0. The maximum absolute atomic E-state index is 9.72. The van der Waals surface area contributed by atoms with Crippen molar-refractivity contribution in [3.8, 4) is 0 Å². The van der Waals surface area contributed by atoms with Crippen LogP contribution in [0, 0.1) is 12.8 Å². The second-order valence-corrected chi connectivity index (χ2v) is 5.65. The van der Waals surface area contributed by atoms with Gasteiger partial charge in [0.15, 0.2) is 0 Å². The molecule has 1 aliphatic carbocycles. The Hall–Kier alpha value is -0.900. The number of aryl methyl sites for hydroxylation is 1. The fourth-order valence-corrected chi connectivity index (χ4v) is 2.42. The van der Waals surface area contributed by atoms with Gasteiger partial charge in [0, 0.05) is 19.7 Å². The minimum atomic E-state index is -0.413. The molecule has 0 heterocycles. The first-order valence-electron chi connectivity index (χ1n) is 7.15. The van der Waals surface area contributed by atoms with Crippen LogP contribution in [-0.2, 0) is 11.2 Å². The molecule has 3 nitrogen and oxygen atoms in total. The van der Waals surface area contributed by atoms with Crippen LogP contribution in [-0.4, -0.2) is 37.5 Å². The van der Waals surface area contributed by atoms with Gasteiger partial charge in [-0.1, -0.05) is 29.8 Å². The van der Waals surface area contributed by atoms with Crippen molar-refractivity contribution >= 4 is 0 Å². The number of benzene rings is 1. The Bertz CT molecular complexity index is 373. The monoisotopic (exact) mass is 263 g/mol. The minimum absolute atomic E-state index is 0.398. The third-order valence-electron chi connectivity index (χ3n) is 3.74. The molecular weight excluding hydrogens is 238 g/mol. The number of methoxy groups -OCH3 is 1. The lowest BCUT2D eigenvalue weighted by atomic mass is 10.0. The highest BCUT2D eigenvalue weighted by molar-refractivity contribution is 5.22. The van der Waals surface area contributed by atoms with E-state index in [1.54, 1.807) is 7.11 Å². The summed E-state index contributed by atoms with van der Waals surface area (Å²) in [5.74, 6) is 0.774. The summed E-state index contributed by atoms with van der Waals surface area (Å²) < 4.78 is 4.95. The Morgan fingerprint density at radius 3 is 2.58 bits per heavy atom. The van der Waals surface area contributed by atoms with E-state index in [1.165, 1.54) is 24.0 Å². The van der Waals surface area contributed by atoms with E-state index in [2.05, 4.69) is 36.5 Å². The number of nitrogens with one attached hydrogen (secondary N) is 1. The van der Waals surface area contributed by atoms with Crippen molar-refractivity contribution in [3.63, 3.8) is 0 Å². The largest absolute Gasteiger partial charge is 0.389 e. The van der Waals surface area contributed by atoms with Crippen LogP contribution in [0.3, 0.4) is 0 Å². The predicted octanol–water partition coefficient (Wildman–Crippen LogP) is 1.91. The molecule has 19 heavy (non-hydrogen) atoms. The van der Waals surface area contributed by atoms with Crippen molar-refractivity contribution in [1.29, 1.82) is 0 Å². The molecule has 2 N–H and O–H groups in total. The van der Waals surface area contributed by atoms with Crippen LogP contribution in [0.2, 0.25) is 0 Å². The number of hydrogen-bond donors (Lipinski definition) is 2. The molecule has 1 saturated carbocycles. The van der Waals surface area contributed by atoms with Crippen LogP contribution < -0.4 is 5.32 Å². The van der Waals surface area contributed by atoms with Crippen LogP contribution >= 0.6 is 0 Å². The van der Waals surface area contributed by atoms with Crippen molar-refractivity contribution in [1.82, 2.24) is 5.32 Å². The number of ether oxygens (including phenoxy) is 1. The highest BCUT2D eigenvalue weighted by Crippen LogP contribution is 2.34. The molecule has 0 spiro atoms. The first-order chi connectivity index (χ1) is 9.19. The molecule has 2 unspecified atom stereocenters. The molecule has 0 aromatic heterocycles. The summed E-state index contributed by atoms with van der Waals surface area (Å²) in [6, 6.07) is 9.22. The zero-order valence-electron chi connectivity index (χ0n) is 11.9. The Morgan fingerprint density at radius 2 is 2.00 bits per heavy atom. The first kappa shape index (κ1) is 14.5. The van der Waals surface area contributed by atoms with Crippen LogP contribution in [0.4, 0.5) is 0 Å². The van der Waals surface area contributed by atoms with Crippen LogP contribution in [0.5, 0.6) is 0 Å². The van der Waals surface area contributed by atoms with Crippen molar-refractivity contribution in [3.05, 3.63) is 35.4 Å². The molecule has 106 valence electrons. The normalized spacial score (nSPS) is 18.3. The standard InChI is InChI=1S/C16H25NO2/c1-12-3-5-13(6-4-12)9-16(14-7-8-14)17-10-15(18)11-19-2/h3-6,14-18H,7-11H2,1-2H3. The average molecular weight is 263 g/mol. The molecule has 0 bridgehead atoms. The minimum Gasteiger partial charge on any atom is -0.389 e. The van der Waals surface area contributed by atoms with Gasteiger partial charge in [0.2, 0.25) is 0 Å². The van der Waals surface area contributed by atoms with Gasteiger partial charge >= 0.3 is 0 Å². The fraction of sp³-hybridized carbons (Fsp3) is 0.625. The molecule has 0 saturated heterocycles. The lowest BCUT2D eigenvalue weighted by Crippen LogP contribution is -2.39. The third kappa shape index (κ3) is 4.94. The molecule has 0 amide bonds. The van der Waals surface area contributed by atoms with E-state index in [0.29, 0.717) is 19.2 Å². The van der Waals surface area contributed by atoms with Gasteiger partial charge in [-0.2, -0.15) is 0 Å². The Morgan fingerprint density at radius 1 is 1.32 bits per heavy atom. The van der Waals surface area contributed by atoms with Gasteiger partial charge in [-0.3, -0.25) is 0 Å². The lowest BCUT2D eigenvalue weighted by molar-refractivity contribution is 0.0622. The van der Waals surface area contributed by atoms with Crippen LogP contribution in [0.25, 0.3) is 0 Å². The smallest absolute Gasteiger partial charge is 0.0897 e. The van der Waals surface area contributed by atoms with Gasteiger partial charge in [0.25, 0.3) is 0 Å². The zero-order chi connectivity index (χ0) is 13.7. The lowest BCUT2D eigenvalue weighted by Gasteiger charge is -2.20. The summed E-state index contributed by atoms with van der Waals surface area (Å²) in [5, 5.41) is 13.2. The number of hydrogen-bond acceptors (Lipinski definition) is 3. The van der Waals surface area contributed by atoms with E-state index in [-0.39, 0.29) is 0 Å². The highest BCUT2D eigenvalue weighted by atomic mass is 16.5. The SMILES string of the molecule is COCC(O)CNC(Cc1ccc(C)cc1)C1CC1. The van der Waals surface area contributed by atoms with E-state index >= 15 is 0 Å². The molecule has 2 rings (SSSR count). The molecule has 0 aliphatic heterocycles. The Labute approximate surface area is 116 Å². The topological polar surface area (TPSA) is 41.5 Å². The molecule has 1 fully saturated rings. The van der Waals surface area contributed by atoms with Gasteiger partial charge in [0.1, 0.15) is 0 Å². The van der Waals surface area contributed by atoms with E-state index in [4.69, 9.17) is 4.74 Å². The third-order valence-corrected chi connectivity index (χ3v) is 3.74. The van der Waals surface area contributed by atoms with Crippen molar-refractivity contribution in [2.24, 2.45) is 5.92 Å². The Kier molecular flexibility index (Phi) is 5.37. The summed E-state index contributed by atoms with van der Waals surface area (Å²) in [5.41, 5.74) is 2.67. The second kappa shape index (κ2) is 7.04. The maximum atomic E-state index is 9.72. The fourth-order valence-electron chi connectivity index (χ4n) is 2.42. The van der Waals surface area contributed by atoms with Crippen molar-refractivity contribution in [2.45, 2.75) is 38.3 Å². The van der Waals surface area contributed by atoms with E-state index in [1.807, 2.05) is 0 Å². The van der Waals surface area contributed by atoms with Crippen LogP contribution in [0.1, 0.15) is 24.0 Å². The average Bonchev–Trinajstić information content (AvgIpc) is 3.21. The van der Waals surface area contributed by atoms with E-state index in [0.717, 1.165) is 12.3 Å². The van der Waals surface area contributed by atoms with Crippen molar-refractivity contribution < 1.29 is 9.84 Å². The summed E-state index contributed by atoms with van der Waals surface area (Å²) in [7, 11) is 1.62. The molecular formula is C16H25NO2. The zero-order valence-corrected chi connectivity index (χ0v) is 11.9. The number of rotatable bonds is 8. The molecule has 0 radical (unpaired) electrons. The molecule has 1 aromatic carbocycles. The molecule has 1 aliphatic rings.